The Balaban J connectivity index is 1.67. The Bertz CT molecular complexity index is 837. The number of piperidine rings is 1. The maximum Gasteiger partial charge on any atom is 0.228 e. The van der Waals surface area contributed by atoms with Crippen LogP contribution in [0, 0.1) is 12.8 Å². The predicted octanol–water partition coefficient (Wildman–Crippen LogP) is 2.12. The molecular weight excluding hydrogens is 366 g/mol. The number of hydrogen-bond acceptors (Lipinski definition) is 4. The maximum atomic E-state index is 12.6. The third-order valence-electron chi connectivity index (χ3n) is 5.34. The van der Waals surface area contributed by atoms with Gasteiger partial charge >= 0.3 is 0 Å². The van der Waals surface area contributed by atoms with Crippen LogP contribution in [0.3, 0.4) is 0 Å². The minimum atomic E-state index is -3.27. The maximum absolute atomic E-state index is 12.6. The first kappa shape index (κ1) is 19.8. The average molecular weight is 394 g/mol. The number of rotatable bonds is 5. The van der Waals surface area contributed by atoms with E-state index >= 15 is 0 Å². The summed E-state index contributed by atoms with van der Waals surface area (Å²) in [7, 11) is -3.27. The molecule has 0 aliphatic carbocycles. The summed E-state index contributed by atoms with van der Waals surface area (Å²) >= 11 is 0. The molecule has 1 N–H and O–H groups in total. The topological polar surface area (TPSA) is 86.8 Å². The number of carbonyl (C=O) groups is 2. The second-order valence-electron chi connectivity index (χ2n) is 7.24. The minimum Gasteiger partial charge on any atom is -0.326 e. The van der Waals surface area contributed by atoms with E-state index in [4.69, 9.17) is 0 Å². The van der Waals surface area contributed by atoms with Crippen LogP contribution in [0.5, 0.6) is 0 Å². The lowest BCUT2D eigenvalue weighted by Gasteiger charge is -2.31. The molecule has 1 aromatic carbocycles. The van der Waals surface area contributed by atoms with E-state index in [0.29, 0.717) is 31.5 Å². The van der Waals surface area contributed by atoms with Gasteiger partial charge in [0, 0.05) is 37.4 Å². The van der Waals surface area contributed by atoms with Crippen molar-refractivity contribution in [3.05, 3.63) is 23.8 Å². The van der Waals surface area contributed by atoms with Crippen molar-refractivity contribution in [3.63, 3.8) is 0 Å². The van der Waals surface area contributed by atoms with Gasteiger partial charge in [-0.1, -0.05) is 0 Å². The number of carbonyl (C=O) groups excluding carboxylic acids is 2. The molecule has 2 aliphatic rings. The van der Waals surface area contributed by atoms with Gasteiger partial charge in [-0.05, 0) is 56.9 Å². The van der Waals surface area contributed by atoms with E-state index < -0.39 is 10.0 Å². The van der Waals surface area contributed by atoms with E-state index in [9.17, 15) is 18.0 Å². The number of hydrogen-bond donors (Lipinski definition) is 1. The predicted molar refractivity (Wildman–Crippen MR) is 105 cm³/mol. The number of nitrogens with zero attached hydrogens (tertiary/aromatic N) is 2. The standard InChI is InChI=1S/C19H27N3O4S/c1-3-27(25,26)21-10-4-6-15(13-21)19(24)20-16-8-9-17(14(2)12-16)22-11-5-7-18(22)23/h8-9,12,15H,3-7,10-11,13H2,1-2H3,(H,20,24)/t15-/m0/s1. The first-order valence-corrected chi connectivity index (χ1v) is 11.1. The van der Waals surface area contributed by atoms with Crippen molar-refractivity contribution in [1.82, 2.24) is 4.31 Å². The molecule has 27 heavy (non-hydrogen) atoms. The fourth-order valence-electron chi connectivity index (χ4n) is 3.77. The van der Waals surface area contributed by atoms with Crippen molar-refractivity contribution in [3.8, 4) is 0 Å². The molecule has 3 rings (SSSR count). The molecule has 1 aromatic rings. The molecule has 0 aromatic heterocycles. The second kappa shape index (κ2) is 7.98. The summed E-state index contributed by atoms with van der Waals surface area (Å²) in [5, 5.41) is 2.91. The second-order valence-corrected chi connectivity index (χ2v) is 9.49. The number of anilines is 2. The lowest BCUT2D eigenvalue weighted by Crippen LogP contribution is -2.44. The normalized spacial score (nSPS) is 21.5. The van der Waals surface area contributed by atoms with E-state index in [0.717, 1.165) is 24.2 Å². The molecule has 2 amide bonds. The number of benzene rings is 1. The number of aryl methyl sites for hydroxylation is 1. The molecule has 7 nitrogen and oxygen atoms in total. The largest absolute Gasteiger partial charge is 0.326 e. The zero-order valence-electron chi connectivity index (χ0n) is 15.9. The van der Waals surface area contributed by atoms with Crippen molar-refractivity contribution < 1.29 is 18.0 Å². The molecule has 8 heteroatoms. The highest BCUT2D eigenvalue weighted by Crippen LogP contribution is 2.28. The number of nitrogens with one attached hydrogen (secondary N) is 1. The summed E-state index contributed by atoms with van der Waals surface area (Å²) in [5.41, 5.74) is 2.48. The zero-order valence-corrected chi connectivity index (χ0v) is 16.7. The molecule has 0 radical (unpaired) electrons. The summed E-state index contributed by atoms with van der Waals surface area (Å²) in [6.07, 6.45) is 2.82. The molecule has 0 saturated carbocycles. The summed E-state index contributed by atoms with van der Waals surface area (Å²) in [6, 6.07) is 5.53. The molecule has 1 atom stereocenters. The lowest BCUT2D eigenvalue weighted by molar-refractivity contribution is -0.121. The van der Waals surface area contributed by atoms with Gasteiger partial charge in [-0.2, -0.15) is 0 Å². The summed E-state index contributed by atoms with van der Waals surface area (Å²) < 4.78 is 25.6. The fraction of sp³-hybridized carbons (Fsp3) is 0.579. The van der Waals surface area contributed by atoms with Gasteiger partial charge in [0.1, 0.15) is 0 Å². The van der Waals surface area contributed by atoms with Crippen LogP contribution in [0.2, 0.25) is 0 Å². The minimum absolute atomic E-state index is 0.0528. The quantitative estimate of drug-likeness (QED) is 0.830. The summed E-state index contributed by atoms with van der Waals surface area (Å²) in [6.45, 7) is 5.00. The number of amides is 2. The van der Waals surface area contributed by atoms with Gasteiger partial charge < -0.3 is 10.2 Å². The van der Waals surface area contributed by atoms with Gasteiger partial charge in [0.15, 0.2) is 0 Å². The lowest BCUT2D eigenvalue weighted by atomic mass is 9.98. The molecule has 2 heterocycles. The van der Waals surface area contributed by atoms with Gasteiger partial charge in [-0.15, -0.1) is 0 Å². The molecule has 0 spiro atoms. The fourth-order valence-corrected chi connectivity index (χ4v) is 4.95. The van der Waals surface area contributed by atoms with Crippen molar-refractivity contribution in [2.75, 3.05) is 35.6 Å². The summed E-state index contributed by atoms with van der Waals surface area (Å²) in [5.74, 6) is -0.318. The van der Waals surface area contributed by atoms with E-state index in [1.165, 1.54) is 4.31 Å². The molecular formula is C19H27N3O4S. The molecule has 2 fully saturated rings. The number of sulfonamides is 1. The summed E-state index contributed by atoms with van der Waals surface area (Å²) in [4.78, 5) is 26.4. The zero-order chi connectivity index (χ0) is 19.6. The van der Waals surface area contributed by atoms with Crippen molar-refractivity contribution >= 4 is 33.2 Å². The highest BCUT2D eigenvalue weighted by molar-refractivity contribution is 7.89. The van der Waals surface area contributed by atoms with Crippen molar-refractivity contribution in [2.45, 2.75) is 39.5 Å². The molecule has 2 aliphatic heterocycles. The Morgan fingerprint density at radius 3 is 2.67 bits per heavy atom. The molecule has 0 bridgehead atoms. The van der Waals surface area contributed by atoms with Crippen LogP contribution < -0.4 is 10.2 Å². The first-order chi connectivity index (χ1) is 12.8. The van der Waals surface area contributed by atoms with Gasteiger partial charge in [-0.25, -0.2) is 12.7 Å². The van der Waals surface area contributed by atoms with Crippen molar-refractivity contribution in [1.29, 1.82) is 0 Å². The monoisotopic (exact) mass is 393 g/mol. The Morgan fingerprint density at radius 1 is 1.26 bits per heavy atom. The van der Waals surface area contributed by atoms with E-state index in [-0.39, 0.29) is 30.0 Å². The van der Waals surface area contributed by atoms with Crippen LogP contribution in [0.15, 0.2) is 18.2 Å². The highest BCUT2D eigenvalue weighted by Gasteiger charge is 2.31. The van der Waals surface area contributed by atoms with Crippen LogP contribution in [0.25, 0.3) is 0 Å². The van der Waals surface area contributed by atoms with Crippen LogP contribution in [0.4, 0.5) is 11.4 Å². The first-order valence-electron chi connectivity index (χ1n) is 9.51. The van der Waals surface area contributed by atoms with Crippen molar-refractivity contribution in [2.24, 2.45) is 5.92 Å². The third kappa shape index (κ3) is 4.32. The third-order valence-corrected chi connectivity index (χ3v) is 7.19. The smallest absolute Gasteiger partial charge is 0.228 e. The Hall–Kier alpha value is -1.93. The molecule has 2 saturated heterocycles. The van der Waals surface area contributed by atoms with Crippen LogP contribution in [0.1, 0.15) is 38.2 Å². The van der Waals surface area contributed by atoms with Crippen LogP contribution in [-0.4, -0.2) is 49.9 Å². The average Bonchev–Trinajstić information content (AvgIpc) is 3.07. The van der Waals surface area contributed by atoms with E-state index in [2.05, 4.69) is 5.32 Å². The van der Waals surface area contributed by atoms with Gasteiger partial charge in [0.05, 0.1) is 11.7 Å². The molecule has 148 valence electrons. The van der Waals surface area contributed by atoms with Gasteiger partial charge in [-0.3, -0.25) is 9.59 Å². The Labute approximate surface area is 160 Å². The van der Waals surface area contributed by atoms with Gasteiger partial charge in [0.25, 0.3) is 0 Å². The molecule has 0 unspecified atom stereocenters. The Kier molecular flexibility index (Phi) is 5.86. The highest BCUT2D eigenvalue weighted by atomic mass is 32.2. The van der Waals surface area contributed by atoms with Gasteiger partial charge in [0.2, 0.25) is 21.8 Å². The SMILES string of the molecule is CCS(=O)(=O)N1CCC[C@H](C(=O)Nc2ccc(N3CCCC3=O)c(C)c2)C1. The van der Waals surface area contributed by atoms with E-state index in [1.54, 1.807) is 17.9 Å². The Morgan fingerprint density at radius 2 is 2.04 bits per heavy atom. The van der Waals surface area contributed by atoms with E-state index in [1.807, 2.05) is 19.1 Å². The van der Waals surface area contributed by atoms with Crippen LogP contribution >= 0.6 is 0 Å². The van der Waals surface area contributed by atoms with Crippen LogP contribution in [-0.2, 0) is 19.6 Å².